The molecule has 2 heterocycles. The summed E-state index contributed by atoms with van der Waals surface area (Å²) in [6.45, 7) is 2.77. The molecule has 2 aromatic carbocycles. The SMILES string of the molecule is CC(NC(=O)CCc1nc2cc(S(=O)(=O)N3CCCCC3)ccc2n1C)c1ccc(F)c(F)c1. The van der Waals surface area contributed by atoms with Crippen molar-refractivity contribution in [3.63, 3.8) is 0 Å². The number of aromatic nitrogens is 2. The monoisotopic (exact) mass is 490 g/mol. The maximum atomic E-state index is 13.5. The number of hydrogen-bond acceptors (Lipinski definition) is 4. The highest BCUT2D eigenvalue weighted by atomic mass is 32.2. The Morgan fingerprint density at radius 2 is 1.82 bits per heavy atom. The van der Waals surface area contributed by atoms with Crippen LogP contribution in [0.15, 0.2) is 41.3 Å². The van der Waals surface area contributed by atoms with Gasteiger partial charge in [-0.1, -0.05) is 12.5 Å². The van der Waals surface area contributed by atoms with E-state index in [0.29, 0.717) is 36.4 Å². The Morgan fingerprint density at radius 3 is 2.53 bits per heavy atom. The molecule has 34 heavy (non-hydrogen) atoms. The Labute approximate surface area is 197 Å². The van der Waals surface area contributed by atoms with Gasteiger partial charge in [-0.25, -0.2) is 22.2 Å². The van der Waals surface area contributed by atoms with Crippen LogP contribution in [0.5, 0.6) is 0 Å². The minimum atomic E-state index is -3.56. The quantitative estimate of drug-likeness (QED) is 0.546. The highest BCUT2D eigenvalue weighted by Gasteiger charge is 2.26. The third-order valence-corrected chi connectivity index (χ3v) is 8.19. The van der Waals surface area contributed by atoms with Crippen LogP contribution in [0.2, 0.25) is 0 Å². The lowest BCUT2D eigenvalue weighted by molar-refractivity contribution is -0.121. The van der Waals surface area contributed by atoms with E-state index in [1.165, 1.54) is 10.4 Å². The van der Waals surface area contributed by atoms with E-state index in [1.807, 2.05) is 11.6 Å². The van der Waals surface area contributed by atoms with Crippen molar-refractivity contribution in [2.75, 3.05) is 13.1 Å². The number of aryl methyl sites for hydroxylation is 2. The Bertz CT molecular complexity index is 1320. The lowest BCUT2D eigenvalue weighted by atomic mass is 10.1. The van der Waals surface area contributed by atoms with Crippen molar-refractivity contribution in [2.45, 2.75) is 50.0 Å². The van der Waals surface area contributed by atoms with Crippen LogP contribution in [0.25, 0.3) is 11.0 Å². The maximum absolute atomic E-state index is 13.5. The molecule has 1 unspecified atom stereocenters. The summed E-state index contributed by atoms with van der Waals surface area (Å²) in [5.41, 5.74) is 1.81. The molecular weight excluding hydrogens is 462 g/mol. The van der Waals surface area contributed by atoms with Crippen molar-refractivity contribution in [3.8, 4) is 0 Å². The largest absolute Gasteiger partial charge is 0.350 e. The maximum Gasteiger partial charge on any atom is 0.243 e. The number of halogens is 2. The summed E-state index contributed by atoms with van der Waals surface area (Å²) in [7, 11) is -1.73. The molecular formula is C24H28F2N4O3S. The van der Waals surface area contributed by atoms with Crippen LogP contribution in [0, 0.1) is 11.6 Å². The topological polar surface area (TPSA) is 84.3 Å². The number of carbonyl (C=O) groups excluding carboxylic acids is 1. The van der Waals surface area contributed by atoms with Gasteiger partial charge in [0.15, 0.2) is 11.6 Å². The molecule has 1 atom stereocenters. The van der Waals surface area contributed by atoms with Crippen molar-refractivity contribution in [1.29, 1.82) is 0 Å². The molecule has 1 amide bonds. The van der Waals surface area contributed by atoms with Gasteiger partial charge in [0.1, 0.15) is 5.82 Å². The summed E-state index contributed by atoms with van der Waals surface area (Å²) < 4.78 is 56.0. The van der Waals surface area contributed by atoms with E-state index in [9.17, 15) is 22.0 Å². The minimum absolute atomic E-state index is 0.143. The van der Waals surface area contributed by atoms with Crippen LogP contribution in [-0.4, -0.2) is 41.3 Å². The first-order valence-electron chi connectivity index (χ1n) is 11.4. The van der Waals surface area contributed by atoms with Crippen LogP contribution >= 0.6 is 0 Å². The second kappa shape index (κ2) is 9.79. The number of hydrogen-bond donors (Lipinski definition) is 1. The molecule has 10 heteroatoms. The van der Waals surface area contributed by atoms with E-state index in [0.717, 1.165) is 36.9 Å². The predicted octanol–water partition coefficient (Wildman–Crippen LogP) is 3.84. The normalized spacial score (nSPS) is 16.0. The highest BCUT2D eigenvalue weighted by Crippen LogP contribution is 2.25. The second-order valence-corrected chi connectivity index (χ2v) is 10.6. The van der Waals surface area contributed by atoms with Crippen LogP contribution in [0.4, 0.5) is 8.78 Å². The zero-order chi connectivity index (χ0) is 24.5. The van der Waals surface area contributed by atoms with Crippen molar-refractivity contribution < 1.29 is 22.0 Å². The average molecular weight is 491 g/mol. The Kier molecular flexibility index (Phi) is 6.99. The fourth-order valence-electron chi connectivity index (χ4n) is 4.27. The van der Waals surface area contributed by atoms with Crippen LogP contribution in [-0.2, 0) is 28.3 Å². The lowest BCUT2D eigenvalue weighted by Gasteiger charge is -2.25. The van der Waals surface area contributed by atoms with E-state index in [4.69, 9.17) is 0 Å². The first kappa shape index (κ1) is 24.3. The van der Waals surface area contributed by atoms with Gasteiger partial charge in [0.25, 0.3) is 0 Å². The van der Waals surface area contributed by atoms with Gasteiger partial charge < -0.3 is 9.88 Å². The molecule has 1 saturated heterocycles. The average Bonchev–Trinajstić information content (AvgIpc) is 3.14. The van der Waals surface area contributed by atoms with Gasteiger partial charge in [-0.05, 0) is 55.7 Å². The zero-order valence-electron chi connectivity index (χ0n) is 19.2. The summed E-state index contributed by atoms with van der Waals surface area (Å²) in [5, 5.41) is 2.78. The molecule has 1 aliphatic heterocycles. The van der Waals surface area contributed by atoms with Crippen LogP contribution < -0.4 is 5.32 Å². The van der Waals surface area contributed by atoms with Gasteiger partial charge >= 0.3 is 0 Å². The van der Waals surface area contributed by atoms with E-state index in [-0.39, 0.29) is 17.2 Å². The molecule has 1 fully saturated rings. The fourth-order valence-corrected chi connectivity index (χ4v) is 5.81. The molecule has 0 radical (unpaired) electrons. The minimum Gasteiger partial charge on any atom is -0.350 e. The number of nitrogens with one attached hydrogen (secondary N) is 1. The molecule has 0 bridgehead atoms. The van der Waals surface area contributed by atoms with Gasteiger partial charge in [-0.15, -0.1) is 0 Å². The molecule has 0 saturated carbocycles. The molecule has 7 nitrogen and oxygen atoms in total. The molecule has 182 valence electrons. The van der Waals surface area contributed by atoms with Crippen molar-refractivity contribution in [2.24, 2.45) is 7.05 Å². The lowest BCUT2D eigenvalue weighted by Crippen LogP contribution is -2.35. The van der Waals surface area contributed by atoms with Gasteiger partial charge in [0.2, 0.25) is 15.9 Å². The summed E-state index contributed by atoms with van der Waals surface area (Å²) in [4.78, 5) is 17.2. The molecule has 0 spiro atoms. The first-order chi connectivity index (χ1) is 16.2. The number of amides is 1. The third kappa shape index (κ3) is 4.97. The standard InChI is InChI=1S/C24H28F2N4O3S/c1-16(17-6-8-19(25)20(26)14-17)27-24(31)11-10-23-28-21-15-18(7-9-22(21)29(23)2)34(32,33)30-12-4-3-5-13-30/h6-9,14-16H,3-5,10-13H2,1-2H3,(H,27,31). The number of sulfonamides is 1. The van der Waals surface area contributed by atoms with Crippen molar-refractivity contribution in [3.05, 3.63) is 59.4 Å². The number of fused-ring (bicyclic) bond motifs is 1. The van der Waals surface area contributed by atoms with Gasteiger partial charge in [-0.3, -0.25) is 4.79 Å². The number of piperidine rings is 1. The number of nitrogens with zero attached hydrogens (tertiary/aromatic N) is 3. The van der Waals surface area contributed by atoms with E-state index in [1.54, 1.807) is 25.1 Å². The first-order valence-corrected chi connectivity index (χ1v) is 12.8. The second-order valence-electron chi connectivity index (χ2n) is 8.67. The summed E-state index contributed by atoms with van der Waals surface area (Å²) >= 11 is 0. The molecule has 1 aliphatic rings. The van der Waals surface area contributed by atoms with Gasteiger partial charge in [0.05, 0.1) is 22.0 Å². The summed E-state index contributed by atoms with van der Waals surface area (Å²) in [6, 6.07) is 8.00. The fraction of sp³-hybridized carbons (Fsp3) is 0.417. The van der Waals surface area contributed by atoms with Crippen molar-refractivity contribution in [1.82, 2.24) is 19.2 Å². The molecule has 4 rings (SSSR count). The number of carbonyl (C=O) groups is 1. The predicted molar refractivity (Wildman–Crippen MR) is 125 cm³/mol. The van der Waals surface area contributed by atoms with Crippen LogP contribution in [0.1, 0.15) is 50.0 Å². The van der Waals surface area contributed by atoms with E-state index >= 15 is 0 Å². The smallest absolute Gasteiger partial charge is 0.243 e. The Morgan fingerprint density at radius 1 is 1.09 bits per heavy atom. The molecule has 3 aromatic rings. The van der Waals surface area contributed by atoms with E-state index in [2.05, 4.69) is 10.3 Å². The zero-order valence-corrected chi connectivity index (χ0v) is 20.0. The molecule has 0 aliphatic carbocycles. The van der Waals surface area contributed by atoms with Crippen LogP contribution in [0.3, 0.4) is 0 Å². The number of rotatable bonds is 7. The van der Waals surface area contributed by atoms with Gasteiger partial charge in [0, 0.05) is 33.0 Å². The highest BCUT2D eigenvalue weighted by molar-refractivity contribution is 7.89. The summed E-state index contributed by atoms with van der Waals surface area (Å²) in [6.07, 6.45) is 3.26. The van der Waals surface area contributed by atoms with E-state index < -0.39 is 27.7 Å². The Hall–Kier alpha value is -2.85. The number of imidazole rings is 1. The third-order valence-electron chi connectivity index (χ3n) is 6.29. The Balaban J connectivity index is 1.44. The molecule has 1 aromatic heterocycles. The molecule has 1 N–H and O–H groups in total. The number of benzene rings is 2. The van der Waals surface area contributed by atoms with Gasteiger partial charge in [-0.2, -0.15) is 4.31 Å². The summed E-state index contributed by atoms with van der Waals surface area (Å²) in [5.74, 6) is -1.49. The van der Waals surface area contributed by atoms with Crippen molar-refractivity contribution >= 4 is 27.0 Å².